The van der Waals surface area contributed by atoms with Gasteiger partial charge in [-0.2, -0.15) is 0 Å². The van der Waals surface area contributed by atoms with Crippen LogP contribution in [0.5, 0.6) is 5.75 Å². The van der Waals surface area contributed by atoms with Crippen LogP contribution in [0.2, 0.25) is 5.02 Å². The van der Waals surface area contributed by atoms with Gasteiger partial charge < -0.3 is 9.84 Å². The molecule has 1 unspecified atom stereocenters. The monoisotopic (exact) mass is 291 g/mol. The minimum Gasteiger partial charge on any atom is -0.496 e. The molecular formula is C16H18ClNO2. The van der Waals surface area contributed by atoms with Crippen LogP contribution in [0.1, 0.15) is 17.5 Å². The first kappa shape index (κ1) is 14.8. The highest BCUT2D eigenvalue weighted by Crippen LogP contribution is 2.24. The molecule has 0 spiro atoms. The lowest BCUT2D eigenvalue weighted by atomic mass is 10.0. The highest BCUT2D eigenvalue weighted by molar-refractivity contribution is 6.30. The van der Waals surface area contributed by atoms with Gasteiger partial charge in [0.25, 0.3) is 0 Å². The Bertz CT molecular complexity index is 545. The number of hydrogen-bond acceptors (Lipinski definition) is 3. The van der Waals surface area contributed by atoms with Crippen molar-refractivity contribution in [2.24, 2.45) is 0 Å². The summed E-state index contributed by atoms with van der Waals surface area (Å²) in [7, 11) is 1.62. The van der Waals surface area contributed by atoms with Crippen LogP contribution in [-0.2, 0) is 12.8 Å². The maximum atomic E-state index is 10.2. The van der Waals surface area contributed by atoms with Crippen molar-refractivity contribution >= 4 is 11.6 Å². The van der Waals surface area contributed by atoms with Crippen molar-refractivity contribution in [2.45, 2.75) is 25.4 Å². The molecule has 0 radical (unpaired) electrons. The minimum absolute atomic E-state index is 0.428. The van der Waals surface area contributed by atoms with Gasteiger partial charge in [-0.1, -0.05) is 17.7 Å². The van der Waals surface area contributed by atoms with Gasteiger partial charge in [0.2, 0.25) is 0 Å². The van der Waals surface area contributed by atoms with E-state index in [-0.39, 0.29) is 0 Å². The van der Waals surface area contributed by atoms with E-state index in [1.807, 2.05) is 30.5 Å². The van der Waals surface area contributed by atoms with Crippen molar-refractivity contribution in [1.82, 2.24) is 4.98 Å². The Balaban J connectivity index is 1.94. The van der Waals surface area contributed by atoms with Crippen molar-refractivity contribution in [2.75, 3.05) is 7.11 Å². The Morgan fingerprint density at radius 3 is 2.90 bits per heavy atom. The van der Waals surface area contributed by atoms with Gasteiger partial charge in [0.1, 0.15) is 5.75 Å². The van der Waals surface area contributed by atoms with Crippen LogP contribution < -0.4 is 4.74 Å². The number of aliphatic hydroxyl groups is 1. The van der Waals surface area contributed by atoms with E-state index in [4.69, 9.17) is 16.3 Å². The molecule has 0 aliphatic heterocycles. The van der Waals surface area contributed by atoms with Crippen LogP contribution in [0.25, 0.3) is 0 Å². The zero-order valence-corrected chi connectivity index (χ0v) is 12.2. The van der Waals surface area contributed by atoms with Crippen molar-refractivity contribution < 1.29 is 9.84 Å². The number of hydrogen-bond donors (Lipinski definition) is 1. The number of benzene rings is 1. The predicted octanol–water partition coefficient (Wildman–Crippen LogP) is 3.28. The Morgan fingerprint density at radius 2 is 2.20 bits per heavy atom. The molecule has 1 atom stereocenters. The third-order valence-corrected chi connectivity index (χ3v) is 3.42. The summed E-state index contributed by atoms with van der Waals surface area (Å²) in [6.45, 7) is 0. The lowest BCUT2D eigenvalue weighted by Crippen LogP contribution is -2.12. The predicted molar refractivity (Wildman–Crippen MR) is 80.3 cm³/mol. The largest absolute Gasteiger partial charge is 0.496 e. The third-order valence-electron chi connectivity index (χ3n) is 3.19. The molecule has 1 aromatic carbocycles. The van der Waals surface area contributed by atoms with E-state index >= 15 is 0 Å². The van der Waals surface area contributed by atoms with E-state index in [0.717, 1.165) is 23.3 Å². The van der Waals surface area contributed by atoms with E-state index in [1.165, 1.54) is 0 Å². The summed E-state index contributed by atoms with van der Waals surface area (Å²) < 4.78 is 5.28. The number of aryl methyl sites for hydroxylation is 1. The molecule has 1 N–H and O–H groups in total. The summed E-state index contributed by atoms with van der Waals surface area (Å²) >= 11 is 5.98. The van der Waals surface area contributed by atoms with E-state index in [0.29, 0.717) is 17.9 Å². The molecule has 2 rings (SSSR count). The first-order valence-electron chi connectivity index (χ1n) is 6.58. The molecule has 0 saturated carbocycles. The Labute approximate surface area is 124 Å². The fourth-order valence-corrected chi connectivity index (χ4v) is 2.34. The summed E-state index contributed by atoms with van der Waals surface area (Å²) in [5.41, 5.74) is 2.06. The number of ether oxygens (including phenoxy) is 1. The normalized spacial score (nSPS) is 12.2. The van der Waals surface area contributed by atoms with Crippen LogP contribution in [0.15, 0.2) is 42.7 Å². The fraction of sp³-hybridized carbons (Fsp3) is 0.312. The van der Waals surface area contributed by atoms with Crippen LogP contribution >= 0.6 is 11.6 Å². The number of aromatic nitrogens is 1. The molecule has 2 aromatic rings. The first-order valence-corrected chi connectivity index (χ1v) is 6.96. The molecule has 0 bridgehead atoms. The van der Waals surface area contributed by atoms with Crippen molar-refractivity contribution in [3.05, 3.63) is 58.9 Å². The van der Waals surface area contributed by atoms with Gasteiger partial charge in [0, 0.05) is 23.8 Å². The van der Waals surface area contributed by atoms with Gasteiger partial charge in [-0.3, -0.25) is 4.98 Å². The van der Waals surface area contributed by atoms with Gasteiger partial charge in [0.05, 0.1) is 13.2 Å². The summed E-state index contributed by atoms with van der Waals surface area (Å²) in [5, 5.41) is 10.8. The van der Waals surface area contributed by atoms with Crippen LogP contribution in [-0.4, -0.2) is 23.3 Å². The maximum absolute atomic E-state index is 10.2. The SMILES string of the molecule is COc1ccc(Cl)cc1CC(O)CCc1cccnc1. The van der Waals surface area contributed by atoms with Gasteiger partial charge in [-0.05, 0) is 48.2 Å². The molecule has 0 aliphatic carbocycles. The van der Waals surface area contributed by atoms with E-state index in [9.17, 15) is 5.11 Å². The van der Waals surface area contributed by atoms with Gasteiger partial charge >= 0.3 is 0 Å². The summed E-state index contributed by atoms with van der Waals surface area (Å²) in [6.07, 6.45) is 5.16. The molecule has 0 amide bonds. The van der Waals surface area contributed by atoms with E-state index in [1.54, 1.807) is 19.4 Å². The lowest BCUT2D eigenvalue weighted by Gasteiger charge is -2.13. The zero-order chi connectivity index (χ0) is 14.4. The molecule has 3 nitrogen and oxygen atoms in total. The van der Waals surface area contributed by atoms with E-state index in [2.05, 4.69) is 4.98 Å². The molecule has 0 aliphatic rings. The second-order valence-corrected chi connectivity index (χ2v) is 5.15. The van der Waals surface area contributed by atoms with Crippen molar-refractivity contribution in [3.8, 4) is 5.75 Å². The minimum atomic E-state index is -0.428. The summed E-state index contributed by atoms with van der Waals surface area (Å²) in [6, 6.07) is 9.37. The molecule has 1 heterocycles. The van der Waals surface area contributed by atoms with Crippen LogP contribution in [0, 0.1) is 0 Å². The average molecular weight is 292 g/mol. The standard InChI is InChI=1S/C16H18ClNO2/c1-20-16-7-5-14(17)9-13(16)10-15(19)6-4-12-3-2-8-18-11-12/h2-3,5,7-9,11,15,19H,4,6,10H2,1H3. The topological polar surface area (TPSA) is 42.4 Å². The lowest BCUT2D eigenvalue weighted by molar-refractivity contribution is 0.164. The highest BCUT2D eigenvalue weighted by atomic mass is 35.5. The molecular weight excluding hydrogens is 274 g/mol. The molecule has 0 saturated heterocycles. The molecule has 4 heteroatoms. The Hall–Kier alpha value is -1.58. The quantitative estimate of drug-likeness (QED) is 0.888. The second-order valence-electron chi connectivity index (χ2n) is 4.71. The average Bonchev–Trinajstić information content (AvgIpc) is 2.46. The smallest absolute Gasteiger partial charge is 0.122 e. The Kier molecular flexibility index (Phi) is 5.39. The number of halogens is 1. The highest BCUT2D eigenvalue weighted by Gasteiger charge is 2.11. The van der Waals surface area contributed by atoms with Crippen LogP contribution in [0.4, 0.5) is 0 Å². The summed E-state index contributed by atoms with van der Waals surface area (Å²) in [4.78, 5) is 4.07. The number of methoxy groups -OCH3 is 1. The Morgan fingerprint density at radius 1 is 1.35 bits per heavy atom. The number of aliphatic hydroxyl groups excluding tert-OH is 1. The fourth-order valence-electron chi connectivity index (χ4n) is 2.14. The van der Waals surface area contributed by atoms with Crippen molar-refractivity contribution in [1.29, 1.82) is 0 Å². The van der Waals surface area contributed by atoms with Gasteiger partial charge in [-0.25, -0.2) is 0 Å². The number of rotatable bonds is 6. The second kappa shape index (κ2) is 7.27. The molecule has 106 valence electrons. The summed E-state index contributed by atoms with van der Waals surface area (Å²) in [5.74, 6) is 0.759. The number of nitrogens with zero attached hydrogens (tertiary/aromatic N) is 1. The number of pyridine rings is 1. The van der Waals surface area contributed by atoms with E-state index < -0.39 is 6.10 Å². The first-order chi connectivity index (χ1) is 9.69. The maximum Gasteiger partial charge on any atom is 0.122 e. The molecule has 0 fully saturated rings. The van der Waals surface area contributed by atoms with Crippen LogP contribution in [0.3, 0.4) is 0 Å². The molecule has 1 aromatic heterocycles. The zero-order valence-electron chi connectivity index (χ0n) is 11.4. The third kappa shape index (κ3) is 4.22. The van der Waals surface area contributed by atoms with Crippen molar-refractivity contribution in [3.63, 3.8) is 0 Å². The van der Waals surface area contributed by atoms with Gasteiger partial charge in [0.15, 0.2) is 0 Å². The van der Waals surface area contributed by atoms with Gasteiger partial charge in [-0.15, -0.1) is 0 Å². The molecule has 20 heavy (non-hydrogen) atoms.